The van der Waals surface area contributed by atoms with Crippen LogP contribution in [0.5, 0.6) is 0 Å². The molecule has 5 nitrogen and oxygen atoms in total. The Morgan fingerprint density at radius 1 is 1.07 bits per heavy atom. The number of likely N-dealkylation sites (tertiary alicyclic amines) is 1. The fourth-order valence-electron chi connectivity index (χ4n) is 4.89. The van der Waals surface area contributed by atoms with Crippen LogP contribution in [0.3, 0.4) is 0 Å². The quantitative estimate of drug-likeness (QED) is 0.812. The maximum atomic E-state index is 12.1. The van der Waals surface area contributed by atoms with Crippen LogP contribution in [-0.2, 0) is 16.1 Å². The van der Waals surface area contributed by atoms with Crippen molar-refractivity contribution in [3.8, 4) is 0 Å². The lowest BCUT2D eigenvalue weighted by atomic mass is 9.83. The molecule has 3 rings (SSSR count). The minimum atomic E-state index is 0.119. The van der Waals surface area contributed by atoms with Crippen LogP contribution in [0.2, 0.25) is 0 Å². The van der Waals surface area contributed by atoms with Gasteiger partial charge in [0.05, 0.1) is 0 Å². The van der Waals surface area contributed by atoms with Gasteiger partial charge in [0.1, 0.15) is 6.61 Å². The van der Waals surface area contributed by atoms with E-state index in [1.165, 1.54) is 22.3 Å². The van der Waals surface area contributed by atoms with Gasteiger partial charge >= 0.3 is 0 Å². The Bertz CT molecular complexity index is 657. The van der Waals surface area contributed by atoms with Crippen molar-refractivity contribution in [3.63, 3.8) is 0 Å². The summed E-state index contributed by atoms with van der Waals surface area (Å²) in [6, 6.07) is 4.60. The van der Waals surface area contributed by atoms with Gasteiger partial charge in [0.25, 0.3) is 0 Å². The second-order valence-electron chi connectivity index (χ2n) is 8.55. The lowest BCUT2D eigenvalue weighted by molar-refractivity contribution is -0.138. The SMILES string of the molecule is COCC(=O)N1CCC2(CC1)CN(Cc1c(C)cc(C)cc1C)CCN2C. The molecule has 0 atom stereocenters. The molecule has 2 heterocycles. The van der Waals surface area contributed by atoms with E-state index in [0.29, 0.717) is 0 Å². The van der Waals surface area contributed by atoms with Gasteiger partial charge in [0, 0.05) is 51.9 Å². The minimum absolute atomic E-state index is 0.119. The number of hydrogen-bond acceptors (Lipinski definition) is 4. The fraction of sp³-hybridized carbons (Fsp3) is 0.682. The zero-order valence-electron chi connectivity index (χ0n) is 17.7. The number of likely N-dealkylation sites (N-methyl/N-ethyl adjacent to an activating group) is 1. The Kier molecular flexibility index (Phi) is 6.24. The number of ether oxygens (including phenoxy) is 1. The maximum absolute atomic E-state index is 12.1. The molecule has 5 heteroatoms. The minimum Gasteiger partial charge on any atom is -0.375 e. The van der Waals surface area contributed by atoms with Crippen molar-refractivity contribution in [1.82, 2.24) is 14.7 Å². The molecule has 0 saturated carbocycles. The van der Waals surface area contributed by atoms with Crippen LogP contribution in [0.1, 0.15) is 35.1 Å². The van der Waals surface area contributed by atoms with Gasteiger partial charge in [-0.1, -0.05) is 17.7 Å². The first kappa shape index (κ1) is 20.3. The lowest BCUT2D eigenvalue weighted by Gasteiger charge is -2.53. The third kappa shape index (κ3) is 4.36. The molecule has 2 aliphatic rings. The van der Waals surface area contributed by atoms with Gasteiger partial charge in [-0.25, -0.2) is 0 Å². The standard InChI is InChI=1S/C22H35N3O2/c1-17-12-18(2)20(19(3)13-17)14-24-11-10-23(4)22(16-24)6-8-25(9-7-22)21(26)15-27-5/h12-13H,6-11,14-16H2,1-5H3. The van der Waals surface area contributed by atoms with E-state index < -0.39 is 0 Å². The Hall–Kier alpha value is -1.43. The number of nitrogens with zero attached hydrogens (tertiary/aromatic N) is 3. The number of hydrogen-bond donors (Lipinski definition) is 0. The molecule has 1 aromatic carbocycles. The number of aryl methyl sites for hydroxylation is 3. The highest BCUT2D eigenvalue weighted by atomic mass is 16.5. The fourth-order valence-corrected chi connectivity index (χ4v) is 4.89. The van der Waals surface area contributed by atoms with Crippen LogP contribution in [0.15, 0.2) is 12.1 Å². The van der Waals surface area contributed by atoms with Crippen LogP contribution < -0.4 is 0 Å². The number of methoxy groups -OCH3 is 1. The summed E-state index contributed by atoms with van der Waals surface area (Å²) < 4.78 is 5.02. The van der Waals surface area contributed by atoms with Gasteiger partial charge in [-0.3, -0.25) is 14.6 Å². The molecule has 1 spiro atoms. The predicted molar refractivity (Wildman–Crippen MR) is 109 cm³/mol. The van der Waals surface area contributed by atoms with Gasteiger partial charge < -0.3 is 9.64 Å². The first-order chi connectivity index (χ1) is 12.8. The molecule has 0 bridgehead atoms. The molecule has 0 N–H and O–H groups in total. The van der Waals surface area contributed by atoms with Gasteiger partial charge in [-0.05, 0) is 57.4 Å². The molecule has 0 unspecified atom stereocenters. The van der Waals surface area contributed by atoms with Crippen molar-refractivity contribution in [2.45, 2.75) is 45.7 Å². The molecule has 2 aliphatic heterocycles. The number of piperazine rings is 1. The first-order valence-corrected chi connectivity index (χ1v) is 10.1. The number of amides is 1. The Morgan fingerprint density at radius 2 is 1.70 bits per heavy atom. The van der Waals surface area contributed by atoms with Gasteiger partial charge in [0.2, 0.25) is 5.91 Å². The summed E-state index contributed by atoms with van der Waals surface area (Å²) in [6.45, 7) is 12.8. The number of benzene rings is 1. The Labute approximate surface area is 164 Å². The van der Waals surface area contributed by atoms with E-state index in [-0.39, 0.29) is 18.1 Å². The van der Waals surface area contributed by atoms with Crippen LogP contribution in [0.25, 0.3) is 0 Å². The number of carbonyl (C=O) groups excluding carboxylic acids is 1. The van der Waals surface area contributed by atoms with E-state index >= 15 is 0 Å². The van der Waals surface area contributed by atoms with Gasteiger partial charge in [-0.2, -0.15) is 0 Å². The van der Waals surface area contributed by atoms with Gasteiger partial charge in [0.15, 0.2) is 0 Å². The average Bonchev–Trinajstić information content (AvgIpc) is 2.62. The van der Waals surface area contributed by atoms with E-state index in [1.807, 2.05) is 4.90 Å². The predicted octanol–water partition coefficient (Wildman–Crippen LogP) is 2.37. The normalized spacial score (nSPS) is 21.0. The summed E-state index contributed by atoms with van der Waals surface area (Å²) in [7, 11) is 3.84. The summed E-state index contributed by atoms with van der Waals surface area (Å²) >= 11 is 0. The lowest BCUT2D eigenvalue weighted by Crippen LogP contribution is -2.64. The highest BCUT2D eigenvalue weighted by Gasteiger charge is 2.42. The van der Waals surface area contributed by atoms with Crippen LogP contribution in [-0.4, -0.2) is 79.6 Å². The Morgan fingerprint density at radius 3 is 2.30 bits per heavy atom. The monoisotopic (exact) mass is 373 g/mol. The third-order valence-electron chi connectivity index (χ3n) is 6.62. The van der Waals surface area contributed by atoms with E-state index in [4.69, 9.17) is 4.74 Å². The second-order valence-corrected chi connectivity index (χ2v) is 8.55. The second kappa shape index (κ2) is 8.29. The molecule has 27 heavy (non-hydrogen) atoms. The van der Waals surface area contributed by atoms with Crippen molar-refractivity contribution in [2.24, 2.45) is 0 Å². The largest absolute Gasteiger partial charge is 0.375 e. The first-order valence-electron chi connectivity index (χ1n) is 10.1. The van der Waals surface area contributed by atoms with E-state index in [1.54, 1.807) is 7.11 Å². The van der Waals surface area contributed by atoms with Gasteiger partial charge in [-0.15, -0.1) is 0 Å². The third-order valence-corrected chi connectivity index (χ3v) is 6.62. The molecule has 0 radical (unpaired) electrons. The van der Waals surface area contributed by atoms with E-state index in [2.05, 4.69) is 49.8 Å². The summed E-state index contributed by atoms with van der Waals surface area (Å²) in [4.78, 5) is 19.3. The number of rotatable bonds is 4. The number of carbonyl (C=O) groups is 1. The van der Waals surface area contributed by atoms with Crippen molar-refractivity contribution in [2.75, 3.05) is 53.5 Å². The molecule has 150 valence electrons. The van der Waals surface area contributed by atoms with Crippen LogP contribution in [0, 0.1) is 20.8 Å². The highest BCUT2D eigenvalue weighted by Crippen LogP contribution is 2.33. The number of piperidine rings is 1. The van der Waals surface area contributed by atoms with Crippen molar-refractivity contribution in [1.29, 1.82) is 0 Å². The molecule has 1 amide bonds. The highest BCUT2D eigenvalue weighted by molar-refractivity contribution is 5.77. The molecule has 1 aromatic rings. The summed E-state index contributed by atoms with van der Waals surface area (Å²) in [6.07, 6.45) is 2.09. The van der Waals surface area contributed by atoms with Crippen molar-refractivity contribution in [3.05, 3.63) is 34.4 Å². The molecular weight excluding hydrogens is 338 g/mol. The summed E-state index contributed by atoms with van der Waals surface area (Å²) in [5.74, 6) is 0.119. The van der Waals surface area contributed by atoms with Crippen LogP contribution >= 0.6 is 0 Å². The molecule has 0 aliphatic carbocycles. The maximum Gasteiger partial charge on any atom is 0.248 e. The summed E-state index contributed by atoms with van der Waals surface area (Å²) in [5.41, 5.74) is 5.82. The van der Waals surface area contributed by atoms with E-state index in [9.17, 15) is 4.79 Å². The molecular formula is C22H35N3O2. The molecule has 0 aromatic heterocycles. The van der Waals surface area contributed by atoms with E-state index in [0.717, 1.165) is 52.1 Å². The molecule has 2 saturated heterocycles. The Balaban J connectivity index is 1.68. The zero-order chi connectivity index (χ0) is 19.6. The van der Waals surface area contributed by atoms with Crippen molar-refractivity contribution < 1.29 is 9.53 Å². The summed E-state index contributed by atoms with van der Waals surface area (Å²) in [5, 5.41) is 0. The smallest absolute Gasteiger partial charge is 0.248 e. The molecule has 2 fully saturated rings. The average molecular weight is 374 g/mol. The van der Waals surface area contributed by atoms with Crippen molar-refractivity contribution >= 4 is 5.91 Å². The topological polar surface area (TPSA) is 36.0 Å². The van der Waals surface area contributed by atoms with Crippen LogP contribution in [0.4, 0.5) is 0 Å². The zero-order valence-corrected chi connectivity index (χ0v) is 17.7.